The number of benzene rings is 1. The Hall–Kier alpha value is -2.04. The second-order valence-corrected chi connectivity index (χ2v) is 5.11. The van der Waals surface area contributed by atoms with Crippen LogP contribution in [0.3, 0.4) is 0 Å². The van der Waals surface area contributed by atoms with Gasteiger partial charge in [0.2, 0.25) is 5.91 Å². The summed E-state index contributed by atoms with van der Waals surface area (Å²) in [6.07, 6.45) is 5.39. The summed E-state index contributed by atoms with van der Waals surface area (Å²) in [7, 11) is 0. The quantitative estimate of drug-likeness (QED) is 0.884. The molecule has 2 aromatic rings. The molecule has 0 radical (unpaired) electrons. The molecule has 3 N–H and O–H groups in total. The number of aromatic amines is 1. The zero-order valence-corrected chi connectivity index (χ0v) is 10.6. The predicted molar refractivity (Wildman–Crippen MR) is 71.7 cm³/mol. The molecule has 100 valence electrons. The summed E-state index contributed by atoms with van der Waals surface area (Å²) in [5.41, 5.74) is 6.33. The van der Waals surface area contributed by atoms with Crippen LogP contribution < -0.4 is 10.5 Å². The Bertz CT molecular complexity index is 585. The Morgan fingerprint density at radius 3 is 2.84 bits per heavy atom. The zero-order chi connectivity index (χ0) is 13.2. The van der Waals surface area contributed by atoms with Gasteiger partial charge in [-0.3, -0.25) is 9.89 Å². The third-order valence-corrected chi connectivity index (χ3v) is 3.79. The molecule has 1 amide bonds. The van der Waals surface area contributed by atoms with Crippen LogP contribution in [0.4, 0.5) is 0 Å². The summed E-state index contributed by atoms with van der Waals surface area (Å²) in [6.45, 7) is 0. The maximum Gasteiger partial charge on any atom is 0.220 e. The smallest absolute Gasteiger partial charge is 0.220 e. The number of hydrogen-bond acceptors (Lipinski definition) is 3. The molecule has 3 rings (SSSR count). The first-order valence-electron chi connectivity index (χ1n) is 6.61. The number of carbonyl (C=O) groups excluding carboxylic acids is 1. The van der Waals surface area contributed by atoms with Gasteiger partial charge in [0.15, 0.2) is 0 Å². The SMILES string of the molecule is NC(=O)C1CCC(Oc2ccc3[nH]ncc3c2)CC1. The Labute approximate surface area is 111 Å². The predicted octanol–water partition coefficient (Wildman–Crippen LogP) is 1.99. The van der Waals surface area contributed by atoms with Gasteiger partial charge in [-0.05, 0) is 43.9 Å². The molecule has 0 spiro atoms. The molecule has 19 heavy (non-hydrogen) atoms. The van der Waals surface area contributed by atoms with Gasteiger partial charge in [-0.1, -0.05) is 0 Å². The van der Waals surface area contributed by atoms with E-state index in [1.165, 1.54) is 0 Å². The lowest BCUT2D eigenvalue weighted by Gasteiger charge is -2.27. The fourth-order valence-electron chi connectivity index (χ4n) is 2.65. The number of nitrogens with one attached hydrogen (secondary N) is 1. The van der Waals surface area contributed by atoms with E-state index in [2.05, 4.69) is 10.2 Å². The van der Waals surface area contributed by atoms with Crippen LogP contribution in [0, 0.1) is 5.92 Å². The van der Waals surface area contributed by atoms with Gasteiger partial charge in [0.1, 0.15) is 5.75 Å². The van der Waals surface area contributed by atoms with E-state index in [0.29, 0.717) is 0 Å². The van der Waals surface area contributed by atoms with E-state index in [-0.39, 0.29) is 17.9 Å². The maximum atomic E-state index is 11.1. The third-order valence-electron chi connectivity index (χ3n) is 3.79. The minimum absolute atomic E-state index is 0.0243. The average molecular weight is 259 g/mol. The summed E-state index contributed by atoms with van der Waals surface area (Å²) in [5.74, 6) is 0.700. The molecule has 1 aliphatic carbocycles. The van der Waals surface area contributed by atoms with Crippen molar-refractivity contribution >= 4 is 16.8 Å². The third kappa shape index (κ3) is 2.54. The van der Waals surface area contributed by atoms with Crippen molar-refractivity contribution in [3.63, 3.8) is 0 Å². The number of amides is 1. The first kappa shape index (κ1) is 12.0. The number of nitrogens with zero attached hydrogens (tertiary/aromatic N) is 1. The highest BCUT2D eigenvalue weighted by molar-refractivity contribution is 5.79. The minimum atomic E-state index is -0.182. The van der Waals surface area contributed by atoms with Gasteiger partial charge in [0.05, 0.1) is 17.8 Å². The van der Waals surface area contributed by atoms with Crippen molar-refractivity contribution in [2.45, 2.75) is 31.8 Å². The summed E-state index contributed by atoms with van der Waals surface area (Å²) < 4.78 is 5.97. The molecule has 1 aromatic heterocycles. The van der Waals surface area contributed by atoms with Gasteiger partial charge in [-0.25, -0.2) is 0 Å². The summed E-state index contributed by atoms with van der Waals surface area (Å²) in [4.78, 5) is 11.1. The molecule has 0 atom stereocenters. The Morgan fingerprint density at radius 1 is 1.32 bits per heavy atom. The molecule has 0 aliphatic heterocycles. The standard InChI is InChI=1S/C14H17N3O2/c15-14(18)9-1-3-11(4-2-9)19-12-5-6-13-10(7-12)8-16-17-13/h5-9,11H,1-4H2,(H2,15,18)(H,16,17). The first-order chi connectivity index (χ1) is 9.22. The average Bonchev–Trinajstić information content (AvgIpc) is 2.87. The van der Waals surface area contributed by atoms with Crippen molar-refractivity contribution in [1.29, 1.82) is 0 Å². The van der Waals surface area contributed by atoms with E-state index < -0.39 is 0 Å². The van der Waals surface area contributed by atoms with E-state index in [9.17, 15) is 4.79 Å². The van der Waals surface area contributed by atoms with Crippen LogP contribution in [-0.2, 0) is 4.79 Å². The van der Waals surface area contributed by atoms with Crippen molar-refractivity contribution in [3.05, 3.63) is 24.4 Å². The number of ether oxygens (including phenoxy) is 1. The number of aromatic nitrogens is 2. The lowest BCUT2D eigenvalue weighted by atomic mass is 9.87. The maximum absolute atomic E-state index is 11.1. The molecule has 0 bridgehead atoms. The van der Waals surface area contributed by atoms with E-state index >= 15 is 0 Å². The van der Waals surface area contributed by atoms with Crippen molar-refractivity contribution < 1.29 is 9.53 Å². The van der Waals surface area contributed by atoms with Gasteiger partial charge < -0.3 is 10.5 Å². The van der Waals surface area contributed by atoms with Crippen LogP contribution in [0.5, 0.6) is 5.75 Å². The number of fused-ring (bicyclic) bond motifs is 1. The van der Waals surface area contributed by atoms with Crippen LogP contribution in [0.15, 0.2) is 24.4 Å². The minimum Gasteiger partial charge on any atom is -0.490 e. The Balaban J connectivity index is 1.64. The van der Waals surface area contributed by atoms with Crippen LogP contribution in [-0.4, -0.2) is 22.2 Å². The van der Waals surface area contributed by atoms with Crippen LogP contribution >= 0.6 is 0 Å². The van der Waals surface area contributed by atoms with Gasteiger partial charge in [-0.2, -0.15) is 5.10 Å². The second-order valence-electron chi connectivity index (χ2n) is 5.11. The number of hydrogen-bond donors (Lipinski definition) is 2. The molecule has 5 nitrogen and oxygen atoms in total. The molecule has 0 unspecified atom stereocenters. The van der Waals surface area contributed by atoms with E-state index in [1.54, 1.807) is 6.20 Å². The molecular formula is C14H17N3O2. The molecule has 1 heterocycles. The molecular weight excluding hydrogens is 242 g/mol. The van der Waals surface area contributed by atoms with Crippen LogP contribution in [0.2, 0.25) is 0 Å². The van der Waals surface area contributed by atoms with Crippen LogP contribution in [0.25, 0.3) is 10.9 Å². The van der Waals surface area contributed by atoms with Crippen molar-refractivity contribution in [1.82, 2.24) is 10.2 Å². The van der Waals surface area contributed by atoms with E-state index in [4.69, 9.17) is 10.5 Å². The van der Waals surface area contributed by atoms with Crippen LogP contribution in [0.1, 0.15) is 25.7 Å². The Morgan fingerprint density at radius 2 is 2.11 bits per heavy atom. The second kappa shape index (κ2) is 4.91. The van der Waals surface area contributed by atoms with Gasteiger partial charge in [-0.15, -0.1) is 0 Å². The molecule has 1 aromatic carbocycles. The highest BCUT2D eigenvalue weighted by Gasteiger charge is 2.25. The zero-order valence-electron chi connectivity index (χ0n) is 10.6. The number of rotatable bonds is 3. The lowest BCUT2D eigenvalue weighted by Crippen LogP contribution is -2.31. The van der Waals surface area contributed by atoms with Gasteiger partial charge >= 0.3 is 0 Å². The first-order valence-corrected chi connectivity index (χ1v) is 6.61. The highest BCUT2D eigenvalue weighted by atomic mass is 16.5. The molecule has 1 saturated carbocycles. The highest BCUT2D eigenvalue weighted by Crippen LogP contribution is 2.28. The topological polar surface area (TPSA) is 81.0 Å². The van der Waals surface area contributed by atoms with E-state index in [1.807, 2.05) is 18.2 Å². The van der Waals surface area contributed by atoms with Crippen molar-refractivity contribution in [3.8, 4) is 5.75 Å². The summed E-state index contributed by atoms with van der Waals surface area (Å²) in [6, 6.07) is 5.90. The monoisotopic (exact) mass is 259 g/mol. The number of primary amides is 1. The normalized spacial score (nSPS) is 23.4. The number of carbonyl (C=O) groups is 1. The number of H-pyrrole nitrogens is 1. The van der Waals surface area contributed by atoms with E-state index in [0.717, 1.165) is 42.3 Å². The summed E-state index contributed by atoms with van der Waals surface area (Å²) >= 11 is 0. The van der Waals surface area contributed by atoms with Gasteiger partial charge in [0.25, 0.3) is 0 Å². The number of nitrogens with two attached hydrogens (primary N) is 1. The molecule has 0 saturated heterocycles. The largest absolute Gasteiger partial charge is 0.490 e. The summed E-state index contributed by atoms with van der Waals surface area (Å²) in [5, 5.41) is 7.94. The fourth-order valence-corrected chi connectivity index (χ4v) is 2.65. The van der Waals surface area contributed by atoms with Crippen molar-refractivity contribution in [2.24, 2.45) is 11.7 Å². The lowest BCUT2D eigenvalue weighted by molar-refractivity contribution is -0.123. The van der Waals surface area contributed by atoms with Gasteiger partial charge in [0, 0.05) is 11.3 Å². The molecule has 1 fully saturated rings. The fraction of sp³-hybridized carbons (Fsp3) is 0.429. The molecule has 1 aliphatic rings. The molecule has 5 heteroatoms. The Kier molecular flexibility index (Phi) is 3.11. The van der Waals surface area contributed by atoms with Crippen molar-refractivity contribution in [2.75, 3.05) is 0 Å².